The van der Waals surface area contributed by atoms with Gasteiger partial charge in [0.25, 0.3) is 0 Å². The number of hydrogen-bond acceptors (Lipinski definition) is 3. The molecule has 1 aromatic rings. The Labute approximate surface area is 123 Å². The molecule has 0 amide bonds. The largest absolute Gasteiger partial charge is 0.383 e. The van der Waals surface area contributed by atoms with Gasteiger partial charge in [-0.2, -0.15) is 0 Å². The van der Waals surface area contributed by atoms with E-state index in [0.717, 1.165) is 22.2 Å². The molecule has 4 heteroatoms. The number of hydrogen-bond donors (Lipinski definition) is 1. The fourth-order valence-electron chi connectivity index (χ4n) is 2.81. The van der Waals surface area contributed by atoms with Gasteiger partial charge in [0.05, 0.1) is 9.26 Å². The lowest BCUT2D eigenvalue weighted by Crippen LogP contribution is -2.12. The normalized spacial score (nSPS) is 16.7. The van der Waals surface area contributed by atoms with E-state index < -0.39 is 0 Å². The van der Waals surface area contributed by atoms with Crippen LogP contribution in [0.25, 0.3) is 0 Å². The Kier molecular flexibility index (Phi) is 4.81. The maximum atomic E-state index is 6.08. The van der Waals surface area contributed by atoms with Gasteiger partial charge in [-0.05, 0) is 48.3 Å². The lowest BCUT2D eigenvalue weighted by atomic mass is 10.0. The van der Waals surface area contributed by atoms with E-state index in [0.29, 0.717) is 17.7 Å². The highest BCUT2D eigenvalue weighted by atomic mass is 127. The second-order valence-electron chi connectivity index (χ2n) is 5.16. The van der Waals surface area contributed by atoms with Crippen LogP contribution in [0.1, 0.15) is 75.7 Å². The monoisotopic (exact) mass is 359 g/mol. The SMILES string of the molecule is CCC(CC)c1nc(N)c(I)c(C2CCCC2)n1. The summed E-state index contributed by atoms with van der Waals surface area (Å²) in [4.78, 5) is 9.36. The minimum atomic E-state index is 0.449. The first-order valence-electron chi connectivity index (χ1n) is 7.00. The average molecular weight is 359 g/mol. The maximum absolute atomic E-state index is 6.08. The molecule has 0 saturated heterocycles. The number of aromatic nitrogens is 2. The van der Waals surface area contributed by atoms with Gasteiger partial charge >= 0.3 is 0 Å². The molecule has 0 bridgehead atoms. The second-order valence-corrected chi connectivity index (χ2v) is 6.24. The van der Waals surface area contributed by atoms with E-state index in [1.165, 1.54) is 31.4 Å². The number of anilines is 1. The molecular weight excluding hydrogens is 337 g/mol. The molecule has 3 nitrogen and oxygen atoms in total. The van der Waals surface area contributed by atoms with Crippen molar-refractivity contribution in [2.24, 2.45) is 0 Å². The molecule has 100 valence electrons. The topological polar surface area (TPSA) is 51.8 Å². The van der Waals surface area contributed by atoms with Gasteiger partial charge in [-0.3, -0.25) is 0 Å². The van der Waals surface area contributed by atoms with Crippen LogP contribution in [-0.4, -0.2) is 9.97 Å². The van der Waals surface area contributed by atoms with Crippen molar-refractivity contribution in [3.63, 3.8) is 0 Å². The summed E-state index contributed by atoms with van der Waals surface area (Å²) in [6.45, 7) is 4.39. The van der Waals surface area contributed by atoms with E-state index in [2.05, 4.69) is 41.4 Å². The molecule has 1 aliphatic carbocycles. The highest BCUT2D eigenvalue weighted by Gasteiger charge is 2.24. The Morgan fingerprint density at radius 2 is 1.83 bits per heavy atom. The van der Waals surface area contributed by atoms with Gasteiger partial charge in [0.2, 0.25) is 0 Å². The molecule has 1 heterocycles. The van der Waals surface area contributed by atoms with Crippen molar-refractivity contribution < 1.29 is 0 Å². The molecular formula is C14H22IN3. The molecule has 1 aliphatic rings. The highest BCUT2D eigenvalue weighted by molar-refractivity contribution is 14.1. The summed E-state index contributed by atoms with van der Waals surface area (Å²) in [5.41, 5.74) is 7.29. The van der Waals surface area contributed by atoms with Crippen LogP contribution in [-0.2, 0) is 0 Å². The van der Waals surface area contributed by atoms with Crippen LogP contribution in [0.15, 0.2) is 0 Å². The average Bonchev–Trinajstić information content (AvgIpc) is 2.88. The van der Waals surface area contributed by atoms with E-state index in [-0.39, 0.29) is 0 Å². The zero-order valence-corrected chi connectivity index (χ0v) is 13.4. The quantitative estimate of drug-likeness (QED) is 0.819. The minimum Gasteiger partial charge on any atom is -0.383 e. The molecule has 1 saturated carbocycles. The zero-order valence-electron chi connectivity index (χ0n) is 11.2. The zero-order chi connectivity index (χ0) is 13.1. The Balaban J connectivity index is 2.38. The van der Waals surface area contributed by atoms with Gasteiger partial charge in [-0.15, -0.1) is 0 Å². The first-order valence-corrected chi connectivity index (χ1v) is 8.08. The highest BCUT2D eigenvalue weighted by Crippen LogP contribution is 2.37. The summed E-state index contributed by atoms with van der Waals surface area (Å²) >= 11 is 2.31. The molecule has 0 aliphatic heterocycles. The summed E-state index contributed by atoms with van der Waals surface area (Å²) in [5, 5.41) is 0. The summed E-state index contributed by atoms with van der Waals surface area (Å²) in [7, 11) is 0. The van der Waals surface area contributed by atoms with E-state index in [1.807, 2.05) is 0 Å². The van der Waals surface area contributed by atoms with Crippen molar-refractivity contribution in [1.82, 2.24) is 9.97 Å². The van der Waals surface area contributed by atoms with Gasteiger partial charge in [0.15, 0.2) is 0 Å². The molecule has 0 atom stereocenters. The van der Waals surface area contributed by atoms with Crippen LogP contribution in [0.2, 0.25) is 0 Å². The van der Waals surface area contributed by atoms with Crippen LogP contribution < -0.4 is 5.73 Å². The van der Waals surface area contributed by atoms with Crippen LogP contribution in [0.5, 0.6) is 0 Å². The van der Waals surface area contributed by atoms with E-state index in [1.54, 1.807) is 0 Å². The molecule has 2 rings (SSSR count). The van der Waals surface area contributed by atoms with Crippen LogP contribution in [0.4, 0.5) is 5.82 Å². The Hall–Kier alpha value is -0.390. The van der Waals surface area contributed by atoms with Gasteiger partial charge in [0, 0.05) is 11.8 Å². The number of halogens is 1. The molecule has 2 N–H and O–H groups in total. The lowest BCUT2D eigenvalue weighted by molar-refractivity contribution is 0.586. The molecule has 0 unspecified atom stereocenters. The van der Waals surface area contributed by atoms with E-state index in [4.69, 9.17) is 10.7 Å². The Morgan fingerprint density at radius 3 is 2.39 bits per heavy atom. The van der Waals surface area contributed by atoms with Crippen molar-refractivity contribution in [3.05, 3.63) is 15.1 Å². The second kappa shape index (κ2) is 6.17. The summed E-state index contributed by atoms with van der Waals surface area (Å²) in [6.07, 6.45) is 7.33. The molecule has 0 radical (unpaired) electrons. The van der Waals surface area contributed by atoms with Crippen molar-refractivity contribution in [3.8, 4) is 0 Å². The van der Waals surface area contributed by atoms with E-state index >= 15 is 0 Å². The smallest absolute Gasteiger partial charge is 0.140 e. The van der Waals surface area contributed by atoms with E-state index in [9.17, 15) is 0 Å². The summed E-state index contributed by atoms with van der Waals surface area (Å²) < 4.78 is 1.08. The van der Waals surface area contributed by atoms with Gasteiger partial charge < -0.3 is 5.73 Å². The predicted octanol–water partition coefficient (Wildman–Crippen LogP) is 4.22. The van der Waals surface area contributed by atoms with Crippen molar-refractivity contribution in [1.29, 1.82) is 0 Å². The first-order chi connectivity index (χ1) is 8.67. The van der Waals surface area contributed by atoms with Crippen LogP contribution in [0.3, 0.4) is 0 Å². The lowest BCUT2D eigenvalue weighted by Gasteiger charge is -2.17. The Morgan fingerprint density at radius 1 is 1.22 bits per heavy atom. The maximum Gasteiger partial charge on any atom is 0.140 e. The standard InChI is InChI=1S/C14H22IN3/c1-3-9(4-2)14-17-12(10-7-5-6-8-10)11(15)13(16)18-14/h9-10H,3-8H2,1-2H3,(H2,16,17,18). The molecule has 0 spiro atoms. The number of nitrogens with two attached hydrogens (primary N) is 1. The minimum absolute atomic E-state index is 0.449. The van der Waals surface area contributed by atoms with Gasteiger partial charge in [-0.1, -0.05) is 26.7 Å². The third-order valence-corrected chi connectivity index (χ3v) is 5.12. The third-order valence-electron chi connectivity index (χ3n) is 4.01. The van der Waals surface area contributed by atoms with Crippen molar-refractivity contribution in [2.45, 2.75) is 64.2 Å². The van der Waals surface area contributed by atoms with Crippen molar-refractivity contribution >= 4 is 28.4 Å². The molecule has 18 heavy (non-hydrogen) atoms. The fourth-order valence-corrected chi connectivity index (χ4v) is 3.49. The number of nitrogens with zero attached hydrogens (tertiary/aromatic N) is 2. The molecule has 1 aromatic heterocycles. The van der Waals surface area contributed by atoms with Crippen LogP contribution >= 0.6 is 22.6 Å². The number of rotatable bonds is 4. The number of nitrogen functional groups attached to an aromatic ring is 1. The molecule has 0 aromatic carbocycles. The Bertz CT molecular complexity index is 410. The first kappa shape index (κ1) is 14.0. The van der Waals surface area contributed by atoms with Crippen molar-refractivity contribution in [2.75, 3.05) is 5.73 Å². The van der Waals surface area contributed by atoms with Crippen LogP contribution in [0, 0.1) is 3.57 Å². The van der Waals surface area contributed by atoms with Gasteiger partial charge in [-0.25, -0.2) is 9.97 Å². The summed E-state index contributed by atoms with van der Waals surface area (Å²) in [5.74, 6) is 2.69. The molecule has 1 fully saturated rings. The summed E-state index contributed by atoms with van der Waals surface area (Å²) in [6, 6.07) is 0. The predicted molar refractivity (Wildman–Crippen MR) is 83.7 cm³/mol. The van der Waals surface area contributed by atoms with Gasteiger partial charge in [0.1, 0.15) is 11.6 Å². The third kappa shape index (κ3) is 2.78. The fraction of sp³-hybridized carbons (Fsp3) is 0.714.